The summed E-state index contributed by atoms with van der Waals surface area (Å²) in [5.41, 5.74) is 0. The summed E-state index contributed by atoms with van der Waals surface area (Å²) in [6, 6.07) is 0.613. The van der Waals surface area contributed by atoms with Crippen LogP contribution in [0.4, 0.5) is 5.13 Å². The molecule has 0 aliphatic carbocycles. The van der Waals surface area contributed by atoms with Gasteiger partial charge in [0, 0.05) is 29.4 Å². The normalized spacial score (nSPS) is 23.5. The Morgan fingerprint density at radius 3 is 3.23 bits per heavy atom. The van der Waals surface area contributed by atoms with Crippen molar-refractivity contribution in [3.05, 3.63) is 6.33 Å². The van der Waals surface area contributed by atoms with Crippen LogP contribution < -0.4 is 4.90 Å². The van der Waals surface area contributed by atoms with Gasteiger partial charge in [0.25, 0.3) is 0 Å². The minimum atomic E-state index is 0.613. The number of nitrogens with zero attached hydrogens (tertiary/aromatic N) is 3. The SMILES string of the molecule is BrCC1CCCCN1c1ncns1. The average molecular weight is 262 g/mol. The molecule has 1 aromatic heterocycles. The molecule has 5 heteroatoms. The molecule has 0 amide bonds. The topological polar surface area (TPSA) is 29.0 Å². The fraction of sp³-hybridized carbons (Fsp3) is 0.750. The van der Waals surface area contributed by atoms with Crippen molar-refractivity contribution in [1.29, 1.82) is 0 Å². The van der Waals surface area contributed by atoms with Crippen molar-refractivity contribution in [2.75, 3.05) is 16.8 Å². The molecule has 1 aromatic rings. The van der Waals surface area contributed by atoms with Gasteiger partial charge < -0.3 is 4.90 Å². The van der Waals surface area contributed by atoms with Crippen molar-refractivity contribution < 1.29 is 0 Å². The van der Waals surface area contributed by atoms with Crippen LogP contribution in [0.5, 0.6) is 0 Å². The largest absolute Gasteiger partial charge is 0.343 e. The van der Waals surface area contributed by atoms with Crippen LogP contribution in [0, 0.1) is 0 Å². The van der Waals surface area contributed by atoms with E-state index in [0.29, 0.717) is 6.04 Å². The molecule has 1 atom stereocenters. The molecule has 2 heterocycles. The lowest BCUT2D eigenvalue weighted by Crippen LogP contribution is -2.40. The van der Waals surface area contributed by atoms with Crippen LogP contribution >= 0.6 is 27.5 Å². The molecule has 0 radical (unpaired) electrons. The van der Waals surface area contributed by atoms with E-state index in [2.05, 4.69) is 30.2 Å². The minimum absolute atomic E-state index is 0.613. The Hall–Kier alpha value is -0.160. The average Bonchev–Trinajstić information content (AvgIpc) is 2.70. The van der Waals surface area contributed by atoms with E-state index in [-0.39, 0.29) is 0 Å². The third-order valence-corrected chi connectivity index (χ3v) is 3.85. The number of piperidine rings is 1. The van der Waals surface area contributed by atoms with E-state index in [1.54, 1.807) is 6.33 Å². The quantitative estimate of drug-likeness (QED) is 0.766. The highest BCUT2D eigenvalue weighted by molar-refractivity contribution is 9.09. The molecule has 0 spiro atoms. The molecule has 0 N–H and O–H groups in total. The summed E-state index contributed by atoms with van der Waals surface area (Å²) in [7, 11) is 0. The van der Waals surface area contributed by atoms with Gasteiger partial charge in [-0.3, -0.25) is 0 Å². The first kappa shape index (κ1) is 9.40. The van der Waals surface area contributed by atoms with E-state index < -0.39 is 0 Å². The number of alkyl halides is 1. The van der Waals surface area contributed by atoms with Gasteiger partial charge in [-0.1, -0.05) is 15.9 Å². The molecule has 0 bridgehead atoms. The second-order valence-electron chi connectivity index (χ2n) is 3.22. The van der Waals surface area contributed by atoms with Crippen molar-refractivity contribution in [1.82, 2.24) is 9.36 Å². The highest BCUT2D eigenvalue weighted by Crippen LogP contribution is 2.25. The van der Waals surface area contributed by atoms with Crippen molar-refractivity contribution in [2.45, 2.75) is 25.3 Å². The van der Waals surface area contributed by atoms with Crippen LogP contribution in [0.25, 0.3) is 0 Å². The van der Waals surface area contributed by atoms with Gasteiger partial charge in [0.15, 0.2) is 0 Å². The zero-order chi connectivity index (χ0) is 9.10. The number of hydrogen-bond acceptors (Lipinski definition) is 4. The zero-order valence-corrected chi connectivity index (χ0v) is 9.72. The summed E-state index contributed by atoms with van der Waals surface area (Å²) in [5, 5.41) is 2.11. The second-order valence-corrected chi connectivity index (χ2v) is 4.63. The summed E-state index contributed by atoms with van der Waals surface area (Å²) in [6.07, 6.45) is 5.53. The second kappa shape index (κ2) is 4.37. The Morgan fingerprint density at radius 1 is 1.62 bits per heavy atom. The maximum atomic E-state index is 4.25. The van der Waals surface area contributed by atoms with Gasteiger partial charge in [-0.15, -0.1) is 0 Å². The highest BCUT2D eigenvalue weighted by atomic mass is 79.9. The first-order chi connectivity index (χ1) is 6.42. The van der Waals surface area contributed by atoms with Crippen LogP contribution in [0.3, 0.4) is 0 Å². The predicted octanol–water partition coefficient (Wildman–Crippen LogP) is 2.29. The van der Waals surface area contributed by atoms with Crippen molar-refractivity contribution in [3.8, 4) is 0 Å². The highest BCUT2D eigenvalue weighted by Gasteiger charge is 2.23. The van der Waals surface area contributed by atoms with Crippen LogP contribution in [0.1, 0.15) is 19.3 Å². The summed E-state index contributed by atoms with van der Waals surface area (Å²) >= 11 is 5.04. The third-order valence-electron chi connectivity index (χ3n) is 2.40. The number of aromatic nitrogens is 2. The van der Waals surface area contributed by atoms with Gasteiger partial charge in [0.05, 0.1) is 0 Å². The molecule has 1 aliphatic rings. The van der Waals surface area contributed by atoms with E-state index in [4.69, 9.17) is 0 Å². The molecule has 1 fully saturated rings. The van der Waals surface area contributed by atoms with E-state index in [0.717, 1.165) is 17.0 Å². The molecule has 72 valence electrons. The van der Waals surface area contributed by atoms with Crippen molar-refractivity contribution in [3.63, 3.8) is 0 Å². The molecule has 0 aromatic carbocycles. The predicted molar refractivity (Wildman–Crippen MR) is 58.7 cm³/mol. The number of rotatable bonds is 2. The van der Waals surface area contributed by atoms with E-state index >= 15 is 0 Å². The van der Waals surface area contributed by atoms with Crippen LogP contribution in [0.15, 0.2) is 6.33 Å². The summed E-state index contributed by atoms with van der Waals surface area (Å²) in [6.45, 7) is 1.13. The van der Waals surface area contributed by atoms with E-state index in [9.17, 15) is 0 Å². The fourth-order valence-electron chi connectivity index (χ4n) is 1.71. The van der Waals surface area contributed by atoms with Crippen LogP contribution in [-0.4, -0.2) is 27.3 Å². The fourth-order valence-corrected chi connectivity index (χ4v) is 3.01. The molecule has 1 saturated heterocycles. The van der Waals surface area contributed by atoms with Crippen LogP contribution in [-0.2, 0) is 0 Å². The van der Waals surface area contributed by atoms with Gasteiger partial charge >= 0.3 is 0 Å². The number of halogens is 1. The number of hydrogen-bond donors (Lipinski definition) is 0. The van der Waals surface area contributed by atoms with Gasteiger partial charge in [-0.05, 0) is 19.3 Å². The maximum Gasteiger partial charge on any atom is 0.205 e. The summed E-state index contributed by atoms with van der Waals surface area (Å²) in [4.78, 5) is 6.62. The van der Waals surface area contributed by atoms with Crippen LogP contribution in [0.2, 0.25) is 0 Å². The molecule has 3 nitrogen and oxygen atoms in total. The van der Waals surface area contributed by atoms with Gasteiger partial charge in [0.2, 0.25) is 5.13 Å². The first-order valence-corrected chi connectivity index (χ1v) is 6.40. The molecular weight excluding hydrogens is 250 g/mol. The molecule has 2 rings (SSSR count). The first-order valence-electron chi connectivity index (χ1n) is 4.51. The Bertz CT molecular complexity index is 252. The standard InChI is InChI=1S/C8H12BrN3S/c9-5-7-3-1-2-4-12(7)8-10-6-11-13-8/h6-7H,1-5H2. The summed E-state index contributed by atoms with van der Waals surface area (Å²) < 4.78 is 4.04. The van der Waals surface area contributed by atoms with Gasteiger partial charge in [-0.25, -0.2) is 4.98 Å². The Balaban J connectivity index is 2.11. The lowest BCUT2D eigenvalue weighted by molar-refractivity contribution is 0.490. The Labute approximate surface area is 90.5 Å². The van der Waals surface area contributed by atoms with Gasteiger partial charge in [0.1, 0.15) is 6.33 Å². The van der Waals surface area contributed by atoms with E-state index in [1.807, 2.05) is 0 Å². The number of anilines is 1. The van der Waals surface area contributed by atoms with Crippen molar-refractivity contribution in [2.24, 2.45) is 0 Å². The third kappa shape index (κ3) is 2.02. The smallest absolute Gasteiger partial charge is 0.205 e. The molecular formula is C8H12BrN3S. The molecule has 0 saturated carbocycles. The molecule has 13 heavy (non-hydrogen) atoms. The molecule has 1 unspecified atom stereocenters. The van der Waals surface area contributed by atoms with E-state index in [1.165, 1.54) is 30.8 Å². The summed E-state index contributed by atoms with van der Waals surface area (Å²) in [5.74, 6) is 0. The lowest BCUT2D eigenvalue weighted by Gasteiger charge is -2.34. The lowest BCUT2D eigenvalue weighted by atomic mass is 10.0. The van der Waals surface area contributed by atoms with Gasteiger partial charge in [-0.2, -0.15) is 4.37 Å². The monoisotopic (exact) mass is 261 g/mol. The minimum Gasteiger partial charge on any atom is -0.343 e. The Morgan fingerprint density at radius 2 is 2.54 bits per heavy atom. The maximum absolute atomic E-state index is 4.25. The zero-order valence-electron chi connectivity index (χ0n) is 7.32. The van der Waals surface area contributed by atoms with Crippen molar-refractivity contribution >= 4 is 32.6 Å². The molecule has 1 aliphatic heterocycles. The Kier molecular flexibility index (Phi) is 3.16.